The van der Waals surface area contributed by atoms with E-state index in [0.29, 0.717) is 84.1 Å². The van der Waals surface area contributed by atoms with E-state index in [-0.39, 0.29) is 34.5 Å². The zero-order valence-electron chi connectivity index (χ0n) is 43.1. The average Bonchev–Trinajstić information content (AvgIpc) is 1.56. The van der Waals surface area contributed by atoms with E-state index in [4.69, 9.17) is 46.2 Å². The summed E-state index contributed by atoms with van der Waals surface area (Å²) in [6, 6.07) is 15.0. The summed E-state index contributed by atoms with van der Waals surface area (Å²) in [5, 5.41) is 6.42. The maximum absolute atomic E-state index is 15.6. The van der Waals surface area contributed by atoms with Crippen LogP contribution in [0.15, 0.2) is 133 Å². The van der Waals surface area contributed by atoms with Crippen LogP contribution in [-0.4, -0.2) is 86.4 Å². The minimum atomic E-state index is -6.24. The number of nitrogens with zero attached hydrogens (tertiary/aromatic N) is 1. The van der Waals surface area contributed by atoms with Gasteiger partial charge >= 0.3 is 56.9 Å². The molecule has 30 heteroatoms. The highest BCUT2D eigenvalue weighted by Crippen LogP contribution is 2.61. The van der Waals surface area contributed by atoms with E-state index in [9.17, 15) is 24.0 Å². The van der Waals surface area contributed by atoms with Crippen LogP contribution in [0.1, 0.15) is 56.3 Å². The second-order valence-corrected chi connectivity index (χ2v) is 19.5. The molecule has 6 aromatic carbocycles. The minimum Gasteiger partial charge on any atom is -0.566 e. The summed E-state index contributed by atoms with van der Waals surface area (Å²) in [4.78, 5) is 66.8. The molecular formula is C55H34B4F12N4O10. The van der Waals surface area contributed by atoms with Crippen molar-refractivity contribution >= 4 is 84.5 Å². The van der Waals surface area contributed by atoms with E-state index in [0.717, 1.165) is 31.2 Å². The van der Waals surface area contributed by atoms with Gasteiger partial charge in [-0.2, -0.15) is 52.7 Å². The van der Waals surface area contributed by atoms with Gasteiger partial charge in [0.15, 0.2) is 0 Å². The number of ether oxygens (including phenoxy) is 1. The molecule has 0 aromatic heterocycles. The Bertz CT molecular complexity index is 3620. The second kappa shape index (κ2) is 22.2. The SMILES string of the molecule is [B]Oc1ccc(C(c2ccc(O[B])c(NC(=O)c3ccc(Oc4ccc(C(=O)Nc5cc(C(c6ccc(O[B])c(N7C(=O)C8C9C=CC(C9)C8C7=O)c6)(C(F)(F)F)C(F)(F)F)ccc5O[B])cc4)cc3)c2)(C(F)(F)F)C(F)(F)F)cc1NC(C)=O. The summed E-state index contributed by atoms with van der Waals surface area (Å²) in [5.74, 6) is -9.74. The fourth-order valence-electron chi connectivity index (χ4n) is 11.1. The summed E-state index contributed by atoms with van der Waals surface area (Å²) in [6.45, 7) is 0.924. The summed E-state index contributed by atoms with van der Waals surface area (Å²) >= 11 is 0. The van der Waals surface area contributed by atoms with Gasteiger partial charge in [-0.15, -0.1) is 0 Å². The van der Waals surface area contributed by atoms with Gasteiger partial charge in [0, 0.05) is 18.1 Å². The largest absolute Gasteiger partial charge is 0.566 e. The van der Waals surface area contributed by atoms with Crippen molar-refractivity contribution in [3.8, 4) is 34.5 Å². The van der Waals surface area contributed by atoms with E-state index in [1.165, 1.54) is 24.3 Å². The molecule has 14 nitrogen and oxygen atoms in total. The zero-order chi connectivity index (χ0) is 61.9. The van der Waals surface area contributed by atoms with Crippen LogP contribution >= 0.6 is 0 Å². The molecular weight excluding hydrogens is 1150 g/mol. The Morgan fingerprint density at radius 1 is 0.459 bits per heavy atom. The Morgan fingerprint density at radius 3 is 1.09 bits per heavy atom. The molecule has 8 radical (unpaired) electrons. The molecule has 0 spiro atoms. The number of nitrogens with one attached hydrogen (secondary N) is 3. The van der Waals surface area contributed by atoms with Crippen molar-refractivity contribution in [3.63, 3.8) is 0 Å². The van der Waals surface area contributed by atoms with Crippen molar-refractivity contribution in [1.29, 1.82) is 0 Å². The lowest BCUT2D eigenvalue weighted by molar-refractivity contribution is -0.290. The van der Waals surface area contributed by atoms with Gasteiger partial charge in [-0.25, -0.2) is 4.90 Å². The molecule has 85 heavy (non-hydrogen) atoms. The Morgan fingerprint density at radius 2 is 0.776 bits per heavy atom. The number of carbonyl (C=O) groups is 5. The van der Waals surface area contributed by atoms with Crippen LogP contribution in [-0.2, 0) is 25.2 Å². The molecule has 3 aliphatic rings. The molecule has 5 amide bonds. The summed E-state index contributed by atoms with van der Waals surface area (Å²) in [5.41, 5.74) is -19.2. The molecule has 4 unspecified atom stereocenters. The van der Waals surface area contributed by atoms with Crippen LogP contribution in [0, 0.1) is 23.7 Å². The third-order valence-corrected chi connectivity index (χ3v) is 14.8. The monoisotopic (exact) mass is 1180 g/mol. The van der Waals surface area contributed by atoms with Gasteiger partial charge in [0.2, 0.25) is 28.6 Å². The fourth-order valence-corrected chi connectivity index (χ4v) is 11.1. The smallest absolute Gasteiger partial charge is 0.411 e. The van der Waals surface area contributed by atoms with Gasteiger partial charge in [0.25, 0.3) is 11.8 Å². The molecule has 3 N–H and O–H groups in total. The molecule has 2 aliphatic carbocycles. The first kappa shape index (κ1) is 60.6. The van der Waals surface area contributed by atoms with Gasteiger partial charge in [-0.3, -0.25) is 24.0 Å². The Hall–Kier alpha value is -8.97. The molecule has 1 heterocycles. The molecule has 2 fully saturated rings. The van der Waals surface area contributed by atoms with Gasteiger partial charge < -0.3 is 39.3 Å². The summed E-state index contributed by atoms with van der Waals surface area (Å²) in [6.07, 6.45) is -20.9. The number of carbonyl (C=O) groups excluding carboxylic acids is 5. The molecule has 6 aromatic rings. The average molecular weight is 1180 g/mol. The van der Waals surface area contributed by atoms with Crippen molar-refractivity contribution in [2.75, 3.05) is 20.9 Å². The predicted molar refractivity (Wildman–Crippen MR) is 280 cm³/mol. The number of anilines is 4. The van der Waals surface area contributed by atoms with Crippen LogP contribution in [0.2, 0.25) is 0 Å². The maximum Gasteiger partial charge on any atom is 0.411 e. The molecule has 1 saturated heterocycles. The van der Waals surface area contributed by atoms with Gasteiger partial charge in [-0.05, 0) is 138 Å². The highest BCUT2D eigenvalue weighted by Gasteiger charge is 2.74. The van der Waals surface area contributed by atoms with E-state index >= 15 is 52.7 Å². The number of alkyl halides is 12. The van der Waals surface area contributed by atoms with Crippen molar-refractivity contribution in [3.05, 3.63) is 167 Å². The lowest BCUT2D eigenvalue weighted by Crippen LogP contribution is -2.55. The van der Waals surface area contributed by atoms with Crippen molar-refractivity contribution in [2.24, 2.45) is 23.7 Å². The number of allylic oxidation sites excluding steroid dienone is 2. The topological polar surface area (TPSA) is 171 Å². The molecule has 4 atom stereocenters. The lowest BCUT2D eigenvalue weighted by Gasteiger charge is -2.39. The van der Waals surface area contributed by atoms with Gasteiger partial charge in [-0.1, -0.05) is 36.4 Å². The maximum atomic E-state index is 15.6. The minimum absolute atomic E-state index is 0.00591. The van der Waals surface area contributed by atoms with Gasteiger partial charge in [0.05, 0.1) is 34.6 Å². The molecule has 9 rings (SSSR count). The first-order chi connectivity index (χ1) is 39.9. The highest BCUT2D eigenvalue weighted by molar-refractivity contribution is 6.24. The van der Waals surface area contributed by atoms with Gasteiger partial charge in [0.1, 0.15) is 34.5 Å². The summed E-state index contributed by atoms with van der Waals surface area (Å²) in [7, 11) is 21.1. The number of hydrogen-bond donors (Lipinski definition) is 3. The first-order valence-electron chi connectivity index (χ1n) is 24.6. The standard InChI is InChI=1S/C55H34B4F12N4O10/c1-25(76)72-36-21-30(8-16-40(36)82-56)50(52(60,61)62,53(63,64)65)31-9-17-41(83-57)37(22-31)73-46(77)26-4-12-34(13-5-26)81-35-14-6-27(7-15-35)47(78)74-38-23-32(10-18-42(38)84-58)51(54(66,67)68,55(69,70)71)33-11-19-43(85-59)39(24-33)75-48(79)44-28-2-3-29(20-28)45(44)49(75)80/h2-19,21-24,28-29,44-45H,20H2,1H3,(H,72,76)(H,73,77)(H,74,78). The number of hydrogen-bond acceptors (Lipinski definition) is 10. The lowest BCUT2D eigenvalue weighted by atomic mass is 9.72. The predicted octanol–water partition coefficient (Wildman–Crippen LogP) is 10.9. The van der Waals surface area contributed by atoms with Crippen LogP contribution in [0.5, 0.6) is 34.5 Å². The number of halogens is 12. The normalized spacial score (nSPS) is 17.7. The van der Waals surface area contributed by atoms with E-state index in [2.05, 4.69) is 25.3 Å². The Labute approximate surface area is 477 Å². The fraction of sp³-hybridized carbons (Fsp3) is 0.218. The van der Waals surface area contributed by atoms with E-state index in [1.807, 2.05) is 0 Å². The molecule has 1 aliphatic heterocycles. The third kappa shape index (κ3) is 10.4. The number of benzene rings is 6. The van der Waals surface area contributed by atoms with Crippen molar-refractivity contribution in [1.82, 2.24) is 0 Å². The number of fused-ring (bicyclic) bond motifs is 5. The first-order valence-corrected chi connectivity index (χ1v) is 24.6. The van der Waals surface area contributed by atoms with E-state index in [1.54, 1.807) is 12.2 Å². The van der Waals surface area contributed by atoms with Crippen molar-refractivity contribution in [2.45, 2.75) is 48.9 Å². The molecule has 1 saturated carbocycles. The van der Waals surface area contributed by atoms with Crippen LogP contribution in [0.25, 0.3) is 0 Å². The highest BCUT2D eigenvalue weighted by atomic mass is 19.4. The van der Waals surface area contributed by atoms with Crippen LogP contribution in [0.4, 0.5) is 75.4 Å². The van der Waals surface area contributed by atoms with Crippen LogP contribution in [0.3, 0.4) is 0 Å². The third-order valence-electron chi connectivity index (χ3n) is 14.8. The van der Waals surface area contributed by atoms with Crippen molar-refractivity contribution < 1.29 is 100 Å². The van der Waals surface area contributed by atoms with Crippen LogP contribution < -0.4 is 44.2 Å². The quantitative estimate of drug-likeness (QED) is 0.0367. The Balaban J connectivity index is 0.939. The molecule has 430 valence electrons. The van der Waals surface area contributed by atoms with E-state index < -0.39 is 145 Å². The summed E-state index contributed by atoms with van der Waals surface area (Å²) < 4.78 is 209. The number of rotatable bonds is 16. The zero-order valence-corrected chi connectivity index (χ0v) is 43.1. The number of imide groups is 1. The molecule has 2 bridgehead atoms. The second-order valence-electron chi connectivity index (χ2n) is 19.5. The Kier molecular flexibility index (Phi) is 15.8. The number of amides is 5.